The van der Waals surface area contributed by atoms with Crippen molar-refractivity contribution in [1.29, 1.82) is 0 Å². The smallest absolute Gasteiger partial charge is 0.358 e. The van der Waals surface area contributed by atoms with Gasteiger partial charge < -0.3 is 4.18 Å². The number of rotatable bonds is 4. The van der Waals surface area contributed by atoms with Crippen molar-refractivity contribution < 1.29 is 25.8 Å². The highest BCUT2D eigenvalue weighted by Gasteiger charge is 2.36. The zero-order valence-electron chi connectivity index (χ0n) is 15.6. The zero-order chi connectivity index (χ0) is 21.5. The molecule has 0 saturated heterocycles. The van der Waals surface area contributed by atoms with Crippen LogP contribution >= 0.6 is 0 Å². The first-order valence-electron chi connectivity index (χ1n) is 8.82. The van der Waals surface area contributed by atoms with Gasteiger partial charge in [0.15, 0.2) is 5.69 Å². The van der Waals surface area contributed by atoms with Crippen LogP contribution in [0.5, 0.6) is 5.88 Å². The van der Waals surface area contributed by atoms with E-state index in [9.17, 15) is 21.6 Å². The number of alkyl halides is 3. The van der Waals surface area contributed by atoms with Crippen LogP contribution in [0, 0.1) is 6.92 Å². The molecule has 0 aliphatic carbocycles. The van der Waals surface area contributed by atoms with Crippen LogP contribution in [-0.4, -0.2) is 18.2 Å². The number of halogens is 3. The Kier molecular flexibility index (Phi) is 4.77. The second-order valence-corrected chi connectivity index (χ2v) is 8.15. The minimum atomic E-state index is -4.77. The predicted octanol–water partition coefficient (Wildman–Crippen LogP) is 5.12. The van der Waals surface area contributed by atoms with Crippen LogP contribution in [-0.2, 0) is 16.3 Å². The van der Waals surface area contributed by atoms with Gasteiger partial charge in [-0.05, 0) is 36.1 Å². The van der Waals surface area contributed by atoms with Gasteiger partial charge in [0.1, 0.15) is 4.90 Å². The quantitative estimate of drug-likeness (QED) is 0.420. The third kappa shape index (κ3) is 3.76. The summed E-state index contributed by atoms with van der Waals surface area (Å²) < 4.78 is 71.7. The molecule has 1 heterocycles. The minimum Gasteiger partial charge on any atom is -0.358 e. The topological polar surface area (TPSA) is 61.2 Å². The Morgan fingerprint density at radius 2 is 1.63 bits per heavy atom. The summed E-state index contributed by atoms with van der Waals surface area (Å²) in [5.74, 6) is -0.555. The van der Waals surface area contributed by atoms with Gasteiger partial charge in [0.2, 0.25) is 5.88 Å². The molecule has 5 nitrogen and oxygen atoms in total. The third-order valence-corrected chi connectivity index (χ3v) is 5.71. The first-order valence-corrected chi connectivity index (χ1v) is 10.2. The van der Waals surface area contributed by atoms with Gasteiger partial charge >= 0.3 is 16.3 Å². The van der Waals surface area contributed by atoms with E-state index in [2.05, 4.69) is 5.10 Å². The predicted molar refractivity (Wildman–Crippen MR) is 105 cm³/mol. The van der Waals surface area contributed by atoms with E-state index in [4.69, 9.17) is 4.18 Å². The van der Waals surface area contributed by atoms with E-state index in [1.54, 1.807) is 55.5 Å². The summed E-state index contributed by atoms with van der Waals surface area (Å²) in [5.41, 5.74) is -0.250. The summed E-state index contributed by atoms with van der Waals surface area (Å²) in [4.78, 5) is -0.147. The number of hydrogen-bond acceptors (Lipinski definition) is 4. The van der Waals surface area contributed by atoms with E-state index in [0.717, 1.165) is 10.2 Å². The number of nitrogens with zero attached hydrogens (tertiary/aromatic N) is 2. The third-order valence-electron chi connectivity index (χ3n) is 4.43. The van der Waals surface area contributed by atoms with Crippen molar-refractivity contribution in [2.75, 3.05) is 0 Å². The Labute approximate surface area is 170 Å². The van der Waals surface area contributed by atoms with E-state index in [1.807, 2.05) is 0 Å². The normalized spacial score (nSPS) is 12.3. The van der Waals surface area contributed by atoms with Crippen molar-refractivity contribution in [3.63, 3.8) is 0 Å². The van der Waals surface area contributed by atoms with Crippen molar-refractivity contribution in [2.24, 2.45) is 0 Å². The molecule has 0 aliphatic heterocycles. The summed E-state index contributed by atoms with van der Waals surface area (Å²) in [5, 5.41) is 4.59. The van der Waals surface area contributed by atoms with E-state index < -0.39 is 27.9 Å². The molecule has 0 atom stereocenters. The minimum absolute atomic E-state index is 0.147. The van der Waals surface area contributed by atoms with Crippen molar-refractivity contribution in [2.45, 2.75) is 18.0 Å². The molecular formula is C21H15F3N2O3S. The van der Waals surface area contributed by atoms with Gasteiger partial charge in [-0.3, -0.25) is 0 Å². The monoisotopic (exact) mass is 432 g/mol. The Morgan fingerprint density at radius 1 is 0.933 bits per heavy atom. The summed E-state index contributed by atoms with van der Waals surface area (Å²) in [6.07, 6.45) is -4.77. The molecule has 0 fully saturated rings. The molecule has 0 aliphatic rings. The second-order valence-electron chi connectivity index (χ2n) is 6.63. The lowest BCUT2D eigenvalue weighted by molar-refractivity contribution is -0.141. The van der Waals surface area contributed by atoms with Gasteiger partial charge in [0, 0.05) is 11.5 Å². The average Bonchev–Trinajstić information content (AvgIpc) is 3.11. The van der Waals surface area contributed by atoms with Gasteiger partial charge in [-0.15, -0.1) is 0 Å². The zero-order valence-corrected chi connectivity index (χ0v) is 16.4. The molecule has 0 radical (unpaired) electrons. The Hall–Kier alpha value is -3.33. The molecule has 4 rings (SSSR count). The van der Waals surface area contributed by atoms with Crippen LogP contribution < -0.4 is 4.18 Å². The molecule has 0 spiro atoms. The SMILES string of the molecule is Cc1cccc(-n2nc(C(F)(F)F)cc2OS(=O)(=O)c2cccc3ccccc23)c1. The van der Waals surface area contributed by atoms with E-state index >= 15 is 0 Å². The summed E-state index contributed by atoms with van der Waals surface area (Å²) in [6.45, 7) is 1.76. The number of benzene rings is 3. The molecule has 0 amide bonds. The standard InChI is InChI=1S/C21H15F3N2O3S/c1-14-6-4-9-16(12-14)26-20(13-19(25-26)21(22,23)24)29-30(27,28)18-11-5-8-15-7-2-3-10-17(15)18/h2-13H,1H3. The van der Waals surface area contributed by atoms with Gasteiger partial charge in [-0.2, -0.15) is 31.4 Å². The summed E-state index contributed by atoms with van der Waals surface area (Å²) in [7, 11) is -4.44. The van der Waals surface area contributed by atoms with Crippen molar-refractivity contribution >= 4 is 20.9 Å². The van der Waals surface area contributed by atoms with Crippen molar-refractivity contribution in [1.82, 2.24) is 9.78 Å². The van der Waals surface area contributed by atoms with E-state index in [0.29, 0.717) is 16.8 Å². The Balaban J connectivity index is 1.85. The van der Waals surface area contributed by atoms with Gasteiger partial charge in [-0.25, -0.2) is 0 Å². The number of hydrogen-bond donors (Lipinski definition) is 0. The molecule has 9 heteroatoms. The molecule has 3 aromatic carbocycles. The lowest BCUT2D eigenvalue weighted by Gasteiger charge is -2.11. The largest absolute Gasteiger partial charge is 0.435 e. The second kappa shape index (κ2) is 7.17. The summed E-state index contributed by atoms with van der Waals surface area (Å²) >= 11 is 0. The molecule has 0 unspecified atom stereocenters. The number of aryl methyl sites for hydroxylation is 1. The van der Waals surface area contributed by atoms with Crippen LogP contribution in [0.4, 0.5) is 13.2 Å². The maximum atomic E-state index is 13.3. The molecule has 0 bridgehead atoms. The van der Waals surface area contributed by atoms with E-state index in [1.165, 1.54) is 18.2 Å². The Morgan fingerprint density at radius 3 is 2.37 bits per heavy atom. The highest BCUT2D eigenvalue weighted by molar-refractivity contribution is 7.87. The lowest BCUT2D eigenvalue weighted by atomic mass is 10.1. The van der Waals surface area contributed by atoms with Crippen molar-refractivity contribution in [3.05, 3.63) is 84.1 Å². The fraction of sp³-hybridized carbons (Fsp3) is 0.0952. The molecule has 154 valence electrons. The molecule has 1 aromatic heterocycles. The van der Waals surface area contributed by atoms with Crippen LogP contribution in [0.15, 0.2) is 77.7 Å². The van der Waals surface area contributed by atoms with Gasteiger partial charge in [-0.1, -0.05) is 48.5 Å². The first kappa shape index (κ1) is 20.0. The first-order chi connectivity index (χ1) is 14.1. The molecule has 4 aromatic rings. The number of fused-ring (bicyclic) bond motifs is 1. The maximum Gasteiger partial charge on any atom is 0.435 e. The maximum absolute atomic E-state index is 13.3. The summed E-state index contributed by atoms with van der Waals surface area (Å²) in [6, 6.07) is 18.4. The average molecular weight is 432 g/mol. The number of aromatic nitrogens is 2. The Bertz CT molecular complexity index is 1340. The molecule has 30 heavy (non-hydrogen) atoms. The highest BCUT2D eigenvalue weighted by Crippen LogP contribution is 2.34. The van der Waals surface area contributed by atoms with Crippen LogP contribution in [0.2, 0.25) is 0 Å². The molecule has 0 N–H and O–H groups in total. The lowest BCUT2D eigenvalue weighted by Crippen LogP contribution is -2.13. The fourth-order valence-electron chi connectivity index (χ4n) is 3.08. The molecular weight excluding hydrogens is 417 g/mol. The van der Waals surface area contributed by atoms with Gasteiger partial charge in [0.05, 0.1) is 5.69 Å². The van der Waals surface area contributed by atoms with E-state index in [-0.39, 0.29) is 10.6 Å². The highest BCUT2D eigenvalue weighted by atomic mass is 32.2. The van der Waals surface area contributed by atoms with Gasteiger partial charge in [0.25, 0.3) is 0 Å². The molecule has 0 saturated carbocycles. The van der Waals surface area contributed by atoms with Crippen LogP contribution in [0.25, 0.3) is 16.5 Å². The van der Waals surface area contributed by atoms with Crippen LogP contribution in [0.1, 0.15) is 11.3 Å². The fourth-order valence-corrected chi connectivity index (χ4v) is 4.21. The van der Waals surface area contributed by atoms with Crippen LogP contribution in [0.3, 0.4) is 0 Å². The van der Waals surface area contributed by atoms with Crippen molar-refractivity contribution in [3.8, 4) is 11.6 Å².